The Hall–Kier alpha value is -4.04. The molecule has 0 radical (unpaired) electrons. The Morgan fingerprint density at radius 3 is 2.36 bits per heavy atom. The summed E-state index contributed by atoms with van der Waals surface area (Å²) in [7, 11) is 4.61. The van der Waals surface area contributed by atoms with Gasteiger partial charge in [0.05, 0.1) is 32.5 Å². The van der Waals surface area contributed by atoms with E-state index in [0.29, 0.717) is 59.7 Å². The average molecular weight is 492 g/mol. The molecule has 0 saturated heterocycles. The molecule has 0 aliphatic carbocycles. The first-order valence-electron chi connectivity index (χ1n) is 11.4. The zero-order chi connectivity index (χ0) is 25.4. The van der Waals surface area contributed by atoms with Crippen molar-refractivity contribution >= 4 is 11.9 Å². The molecule has 8 heteroatoms. The van der Waals surface area contributed by atoms with Crippen molar-refractivity contribution in [3.8, 4) is 28.7 Å². The summed E-state index contributed by atoms with van der Waals surface area (Å²) in [6.45, 7) is 3.35. The fraction of sp³-hybridized carbons (Fsp3) is 0.250. The van der Waals surface area contributed by atoms with E-state index >= 15 is 0 Å². The van der Waals surface area contributed by atoms with Crippen molar-refractivity contribution in [2.45, 2.75) is 20.0 Å². The first-order chi connectivity index (χ1) is 17.4. The molecule has 2 aliphatic rings. The number of hydrogen-bond acceptors (Lipinski definition) is 7. The smallest absolute Gasteiger partial charge is 0.232 e. The van der Waals surface area contributed by atoms with Gasteiger partial charge in [-0.2, -0.15) is 0 Å². The van der Waals surface area contributed by atoms with Gasteiger partial charge < -0.3 is 23.7 Å². The lowest BCUT2D eigenvalue weighted by Gasteiger charge is -2.30. The van der Waals surface area contributed by atoms with E-state index in [9.17, 15) is 9.18 Å². The van der Waals surface area contributed by atoms with Gasteiger partial charge in [0, 0.05) is 13.1 Å². The number of ether oxygens (including phenoxy) is 5. The number of Topliss-reactive ketones (excluding diaryl/α,β-unsaturated/α-hetero) is 1. The standard InChI is InChI=1S/C28H26FNO6/c1-16-9-21-20(14-30(15-35-21)13-17-5-7-19(29)8-6-17)27-25(16)26(31)22(36-27)10-18-11-23(32-2)28(34-4)24(12-18)33-3/h5-12H,13-15H2,1-4H3/b22-10-. The van der Waals surface area contributed by atoms with Crippen LogP contribution in [0.1, 0.15) is 32.6 Å². The highest BCUT2D eigenvalue weighted by Crippen LogP contribution is 2.45. The number of ketones is 1. The summed E-state index contributed by atoms with van der Waals surface area (Å²) in [4.78, 5) is 15.4. The molecule has 7 nitrogen and oxygen atoms in total. The van der Waals surface area contributed by atoms with E-state index < -0.39 is 0 Å². The van der Waals surface area contributed by atoms with Crippen LogP contribution in [0.3, 0.4) is 0 Å². The van der Waals surface area contributed by atoms with Crippen LogP contribution in [-0.4, -0.2) is 38.7 Å². The number of aryl methyl sites for hydroxylation is 1. The lowest BCUT2D eigenvalue weighted by atomic mass is 9.98. The molecule has 0 amide bonds. The van der Waals surface area contributed by atoms with Gasteiger partial charge in [-0.3, -0.25) is 9.69 Å². The van der Waals surface area contributed by atoms with E-state index in [2.05, 4.69) is 4.90 Å². The molecule has 186 valence electrons. The third-order valence-corrected chi connectivity index (χ3v) is 6.29. The number of carbonyl (C=O) groups is 1. The minimum Gasteiger partial charge on any atom is -0.493 e. The van der Waals surface area contributed by atoms with Gasteiger partial charge in [0.25, 0.3) is 0 Å². The van der Waals surface area contributed by atoms with E-state index in [0.717, 1.165) is 16.7 Å². The second-order valence-electron chi connectivity index (χ2n) is 8.66. The molecule has 3 aromatic rings. The Morgan fingerprint density at radius 1 is 1.03 bits per heavy atom. The molecule has 36 heavy (non-hydrogen) atoms. The number of fused-ring (bicyclic) bond motifs is 3. The molecule has 0 unspecified atom stereocenters. The molecule has 0 fully saturated rings. The van der Waals surface area contributed by atoms with Crippen LogP contribution in [-0.2, 0) is 13.1 Å². The summed E-state index contributed by atoms with van der Waals surface area (Å²) in [6.07, 6.45) is 1.67. The predicted molar refractivity (Wildman–Crippen MR) is 131 cm³/mol. The number of hydrogen-bond donors (Lipinski definition) is 0. The van der Waals surface area contributed by atoms with Gasteiger partial charge in [-0.15, -0.1) is 0 Å². The van der Waals surface area contributed by atoms with Crippen molar-refractivity contribution < 1.29 is 32.9 Å². The normalized spacial score (nSPS) is 15.7. The van der Waals surface area contributed by atoms with Crippen LogP contribution >= 0.6 is 0 Å². The number of carbonyl (C=O) groups excluding carboxylic acids is 1. The third kappa shape index (κ3) is 4.24. The largest absolute Gasteiger partial charge is 0.493 e. The maximum atomic E-state index is 13.4. The van der Waals surface area contributed by atoms with Crippen molar-refractivity contribution in [1.82, 2.24) is 4.90 Å². The Kier molecular flexibility index (Phi) is 6.28. The van der Waals surface area contributed by atoms with Crippen LogP contribution in [0.2, 0.25) is 0 Å². The Morgan fingerprint density at radius 2 is 1.72 bits per heavy atom. The number of benzene rings is 3. The van der Waals surface area contributed by atoms with Crippen molar-refractivity contribution in [2.24, 2.45) is 0 Å². The number of nitrogens with zero attached hydrogens (tertiary/aromatic N) is 1. The molecule has 5 rings (SSSR count). The first-order valence-corrected chi connectivity index (χ1v) is 11.4. The van der Waals surface area contributed by atoms with E-state index in [1.165, 1.54) is 33.5 Å². The Labute approximate surface area is 208 Å². The van der Waals surface area contributed by atoms with Gasteiger partial charge >= 0.3 is 0 Å². The summed E-state index contributed by atoms with van der Waals surface area (Å²) in [5.74, 6) is 2.36. The molecular weight excluding hydrogens is 465 g/mol. The number of rotatable bonds is 6. The molecule has 0 aromatic heterocycles. The Bertz CT molecular complexity index is 1340. The average Bonchev–Trinajstić information content (AvgIpc) is 3.21. The highest BCUT2D eigenvalue weighted by Gasteiger charge is 2.35. The molecule has 0 spiro atoms. The summed E-state index contributed by atoms with van der Waals surface area (Å²) >= 11 is 0. The lowest BCUT2D eigenvalue weighted by molar-refractivity contribution is 0.0872. The zero-order valence-corrected chi connectivity index (χ0v) is 20.5. The molecule has 0 bridgehead atoms. The molecule has 2 heterocycles. The maximum absolute atomic E-state index is 13.4. The highest BCUT2D eigenvalue weighted by molar-refractivity contribution is 6.16. The van der Waals surface area contributed by atoms with Gasteiger partial charge in [0.1, 0.15) is 24.0 Å². The summed E-state index contributed by atoms with van der Waals surface area (Å²) < 4.78 is 41.7. The van der Waals surface area contributed by atoms with E-state index in [-0.39, 0.29) is 17.4 Å². The van der Waals surface area contributed by atoms with Crippen LogP contribution in [0.25, 0.3) is 6.08 Å². The fourth-order valence-corrected chi connectivity index (χ4v) is 4.56. The molecule has 0 atom stereocenters. The van der Waals surface area contributed by atoms with Crippen molar-refractivity contribution in [3.05, 3.63) is 81.9 Å². The molecule has 0 N–H and O–H groups in total. The van der Waals surface area contributed by atoms with Gasteiger partial charge in [0.15, 0.2) is 17.3 Å². The Balaban J connectivity index is 1.47. The fourth-order valence-electron chi connectivity index (χ4n) is 4.56. The van der Waals surface area contributed by atoms with E-state index in [1.807, 2.05) is 13.0 Å². The highest BCUT2D eigenvalue weighted by atomic mass is 19.1. The van der Waals surface area contributed by atoms with Crippen molar-refractivity contribution in [3.63, 3.8) is 0 Å². The van der Waals surface area contributed by atoms with Crippen LogP contribution in [0, 0.1) is 12.7 Å². The minimum absolute atomic E-state index is 0.199. The first kappa shape index (κ1) is 23.7. The maximum Gasteiger partial charge on any atom is 0.232 e. The number of allylic oxidation sites excluding steroid dienone is 1. The summed E-state index contributed by atoms with van der Waals surface area (Å²) in [5, 5.41) is 0. The van der Waals surface area contributed by atoms with Crippen LogP contribution in [0.15, 0.2) is 48.2 Å². The monoisotopic (exact) mass is 491 g/mol. The number of halogens is 1. The van der Waals surface area contributed by atoms with Gasteiger partial charge in [-0.1, -0.05) is 12.1 Å². The summed E-state index contributed by atoms with van der Waals surface area (Å²) in [6, 6.07) is 11.8. The minimum atomic E-state index is -0.273. The second-order valence-corrected chi connectivity index (χ2v) is 8.66. The van der Waals surface area contributed by atoms with Gasteiger partial charge in [0.2, 0.25) is 11.5 Å². The van der Waals surface area contributed by atoms with Crippen LogP contribution in [0.4, 0.5) is 4.39 Å². The summed E-state index contributed by atoms with van der Waals surface area (Å²) in [5.41, 5.74) is 3.76. The topological polar surface area (TPSA) is 66.5 Å². The molecule has 2 aliphatic heterocycles. The zero-order valence-electron chi connectivity index (χ0n) is 20.5. The molecule has 0 saturated carbocycles. The van der Waals surface area contributed by atoms with E-state index in [1.54, 1.807) is 30.3 Å². The quantitative estimate of drug-likeness (QED) is 0.443. The lowest BCUT2D eigenvalue weighted by Crippen LogP contribution is -2.31. The predicted octanol–water partition coefficient (Wildman–Crippen LogP) is 5.13. The SMILES string of the molecule is COc1cc(/C=C2\Oc3c4c(cc(C)c3C2=O)OCN(Cc2ccc(F)cc2)C4)cc(OC)c1OC. The van der Waals surface area contributed by atoms with Crippen molar-refractivity contribution in [1.29, 1.82) is 0 Å². The number of methoxy groups -OCH3 is 3. The van der Waals surface area contributed by atoms with Crippen LogP contribution in [0.5, 0.6) is 28.7 Å². The van der Waals surface area contributed by atoms with Crippen molar-refractivity contribution in [2.75, 3.05) is 28.1 Å². The van der Waals surface area contributed by atoms with E-state index in [4.69, 9.17) is 23.7 Å². The molecular formula is C28H26FNO6. The molecule has 3 aromatic carbocycles. The second kappa shape index (κ2) is 9.54. The van der Waals surface area contributed by atoms with Crippen LogP contribution < -0.4 is 23.7 Å². The van der Waals surface area contributed by atoms with Gasteiger partial charge in [-0.25, -0.2) is 4.39 Å². The third-order valence-electron chi connectivity index (χ3n) is 6.29. The van der Waals surface area contributed by atoms with Gasteiger partial charge in [-0.05, 0) is 60.0 Å².